The summed E-state index contributed by atoms with van der Waals surface area (Å²) in [7, 11) is 0. The van der Waals surface area contributed by atoms with Gasteiger partial charge < -0.3 is 9.64 Å². The van der Waals surface area contributed by atoms with E-state index in [2.05, 4.69) is 56.0 Å². The molecule has 0 unspecified atom stereocenters. The van der Waals surface area contributed by atoms with Crippen molar-refractivity contribution >= 4 is 0 Å². The summed E-state index contributed by atoms with van der Waals surface area (Å²) in [5.41, 5.74) is 1.50. The quantitative estimate of drug-likeness (QED) is 0.820. The number of hydrogen-bond donors (Lipinski definition) is 0. The van der Waals surface area contributed by atoms with Crippen LogP contribution in [0.15, 0.2) is 30.3 Å². The van der Waals surface area contributed by atoms with E-state index in [0.29, 0.717) is 0 Å². The molecule has 1 aromatic rings. The lowest BCUT2D eigenvalue weighted by molar-refractivity contribution is -0.0152. The van der Waals surface area contributed by atoms with Crippen molar-refractivity contribution in [3.05, 3.63) is 35.9 Å². The molecule has 1 heterocycles. The van der Waals surface area contributed by atoms with Crippen LogP contribution in [0.1, 0.15) is 45.1 Å². The van der Waals surface area contributed by atoms with Gasteiger partial charge in [0.05, 0.1) is 12.2 Å². The minimum atomic E-state index is -0.0115. The third kappa shape index (κ3) is 4.96. The highest BCUT2D eigenvalue weighted by Gasteiger charge is 2.20. The van der Waals surface area contributed by atoms with Gasteiger partial charge in [-0.3, -0.25) is 0 Å². The predicted molar refractivity (Wildman–Crippen MR) is 80.6 cm³/mol. The molecule has 106 valence electrons. The van der Waals surface area contributed by atoms with E-state index in [1.54, 1.807) is 0 Å². The standard InChI is InChI=1S/C17H27NO/c1-17(2,3)19-14-13-18-11-9-16(10-12-18)15-7-5-4-6-8-15/h4-8,16H,9-14H2,1-3H3. The van der Waals surface area contributed by atoms with Crippen molar-refractivity contribution in [3.63, 3.8) is 0 Å². The minimum absolute atomic E-state index is 0.0115. The lowest BCUT2D eigenvalue weighted by atomic mass is 9.89. The molecule has 0 spiro atoms. The summed E-state index contributed by atoms with van der Waals surface area (Å²) in [5, 5.41) is 0. The molecule has 0 bridgehead atoms. The SMILES string of the molecule is CC(C)(C)OCCN1CCC(c2ccccc2)CC1. The predicted octanol–water partition coefficient (Wildman–Crippen LogP) is 3.68. The maximum absolute atomic E-state index is 5.80. The zero-order valence-electron chi connectivity index (χ0n) is 12.6. The van der Waals surface area contributed by atoms with Gasteiger partial charge in [-0.1, -0.05) is 30.3 Å². The molecule has 1 aromatic carbocycles. The van der Waals surface area contributed by atoms with Crippen molar-refractivity contribution in [1.82, 2.24) is 4.90 Å². The van der Waals surface area contributed by atoms with E-state index in [1.807, 2.05) is 0 Å². The second-order valence-electron chi connectivity index (χ2n) is 6.49. The van der Waals surface area contributed by atoms with E-state index < -0.39 is 0 Å². The Bertz CT molecular complexity index is 361. The van der Waals surface area contributed by atoms with Crippen LogP contribution < -0.4 is 0 Å². The monoisotopic (exact) mass is 261 g/mol. The molecular weight excluding hydrogens is 234 g/mol. The average Bonchev–Trinajstić information content (AvgIpc) is 2.39. The first-order valence-corrected chi connectivity index (χ1v) is 7.46. The fourth-order valence-electron chi connectivity index (χ4n) is 2.70. The van der Waals surface area contributed by atoms with Gasteiger partial charge in [-0.25, -0.2) is 0 Å². The third-order valence-electron chi connectivity index (χ3n) is 3.80. The number of benzene rings is 1. The zero-order valence-corrected chi connectivity index (χ0v) is 12.6. The molecule has 1 saturated heterocycles. The molecule has 0 saturated carbocycles. The summed E-state index contributed by atoms with van der Waals surface area (Å²) >= 11 is 0. The fraction of sp³-hybridized carbons (Fsp3) is 0.647. The second kappa shape index (κ2) is 6.53. The minimum Gasteiger partial charge on any atom is -0.375 e. The van der Waals surface area contributed by atoms with Crippen LogP contribution in [0.4, 0.5) is 0 Å². The molecule has 2 nitrogen and oxygen atoms in total. The Morgan fingerprint density at radius 2 is 1.74 bits per heavy atom. The average molecular weight is 261 g/mol. The fourth-order valence-corrected chi connectivity index (χ4v) is 2.70. The van der Waals surface area contributed by atoms with E-state index in [1.165, 1.54) is 31.5 Å². The van der Waals surface area contributed by atoms with Gasteiger partial charge in [0, 0.05) is 6.54 Å². The van der Waals surface area contributed by atoms with Crippen molar-refractivity contribution < 1.29 is 4.74 Å². The zero-order chi connectivity index (χ0) is 13.7. The number of hydrogen-bond acceptors (Lipinski definition) is 2. The summed E-state index contributed by atoms with van der Waals surface area (Å²) in [6, 6.07) is 10.9. The number of rotatable bonds is 4. The Hall–Kier alpha value is -0.860. The number of piperidine rings is 1. The van der Waals surface area contributed by atoms with Crippen molar-refractivity contribution in [3.8, 4) is 0 Å². The Labute approximate surface area is 117 Å². The Kier molecular flexibility index (Phi) is 5.00. The lowest BCUT2D eigenvalue weighted by Gasteiger charge is -2.32. The first-order valence-electron chi connectivity index (χ1n) is 7.46. The van der Waals surface area contributed by atoms with Crippen LogP contribution in [0.5, 0.6) is 0 Å². The highest BCUT2D eigenvalue weighted by atomic mass is 16.5. The van der Waals surface area contributed by atoms with Crippen molar-refractivity contribution in [1.29, 1.82) is 0 Å². The summed E-state index contributed by atoms with van der Waals surface area (Å²) in [6.07, 6.45) is 2.55. The van der Waals surface area contributed by atoms with Crippen LogP contribution in [0, 0.1) is 0 Å². The summed E-state index contributed by atoms with van der Waals surface area (Å²) < 4.78 is 5.80. The molecule has 1 aliphatic rings. The number of nitrogens with zero attached hydrogens (tertiary/aromatic N) is 1. The summed E-state index contributed by atoms with van der Waals surface area (Å²) in [6.45, 7) is 10.7. The third-order valence-corrected chi connectivity index (χ3v) is 3.80. The van der Waals surface area contributed by atoms with Crippen LogP contribution in [0.25, 0.3) is 0 Å². The van der Waals surface area contributed by atoms with Crippen molar-refractivity contribution in [2.45, 2.75) is 45.1 Å². The first-order chi connectivity index (χ1) is 9.04. The van der Waals surface area contributed by atoms with Crippen LogP contribution in [0.3, 0.4) is 0 Å². The van der Waals surface area contributed by atoms with E-state index in [-0.39, 0.29) is 5.60 Å². The van der Waals surface area contributed by atoms with E-state index in [0.717, 1.165) is 19.1 Å². The van der Waals surface area contributed by atoms with Gasteiger partial charge in [-0.15, -0.1) is 0 Å². The van der Waals surface area contributed by atoms with Crippen LogP contribution in [-0.4, -0.2) is 36.7 Å². The van der Waals surface area contributed by atoms with Crippen molar-refractivity contribution in [2.24, 2.45) is 0 Å². The van der Waals surface area contributed by atoms with Gasteiger partial charge >= 0.3 is 0 Å². The highest BCUT2D eigenvalue weighted by Crippen LogP contribution is 2.27. The largest absolute Gasteiger partial charge is 0.375 e. The molecule has 1 fully saturated rings. The Morgan fingerprint density at radius 3 is 2.32 bits per heavy atom. The normalized spacial score (nSPS) is 18.7. The van der Waals surface area contributed by atoms with Crippen LogP contribution >= 0.6 is 0 Å². The molecule has 0 amide bonds. The van der Waals surface area contributed by atoms with E-state index in [4.69, 9.17) is 4.74 Å². The lowest BCUT2D eigenvalue weighted by Crippen LogP contribution is -2.36. The molecular formula is C17H27NO. The first kappa shape index (κ1) is 14.5. The molecule has 0 atom stereocenters. The maximum Gasteiger partial charge on any atom is 0.0600 e. The van der Waals surface area contributed by atoms with Crippen LogP contribution in [0.2, 0.25) is 0 Å². The van der Waals surface area contributed by atoms with E-state index in [9.17, 15) is 0 Å². The second-order valence-corrected chi connectivity index (χ2v) is 6.49. The molecule has 1 aliphatic heterocycles. The highest BCUT2D eigenvalue weighted by molar-refractivity contribution is 5.19. The van der Waals surface area contributed by atoms with Gasteiger partial charge in [0.1, 0.15) is 0 Å². The number of ether oxygens (including phenoxy) is 1. The molecule has 2 heteroatoms. The van der Waals surface area contributed by atoms with E-state index >= 15 is 0 Å². The Balaban J connectivity index is 1.71. The van der Waals surface area contributed by atoms with Crippen LogP contribution in [-0.2, 0) is 4.74 Å². The number of likely N-dealkylation sites (tertiary alicyclic amines) is 1. The van der Waals surface area contributed by atoms with Gasteiger partial charge in [0.2, 0.25) is 0 Å². The summed E-state index contributed by atoms with van der Waals surface area (Å²) in [5.74, 6) is 0.751. The topological polar surface area (TPSA) is 12.5 Å². The van der Waals surface area contributed by atoms with Crippen molar-refractivity contribution in [2.75, 3.05) is 26.2 Å². The molecule has 0 aromatic heterocycles. The van der Waals surface area contributed by atoms with Gasteiger partial charge in [0.25, 0.3) is 0 Å². The molecule has 0 radical (unpaired) electrons. The molecule has 19 heavy (non-hydrogen) atoms. The maximum atomic E-state index is 5.80. The Morgan fingerprint density at radius 1 is 1.11 bits per heavy atom. The smallest absolute Gasteiger partial charge is 0.0600 e. The van der Waals surface area contributed by atoms with Gasteiger partial charge in [-0.2, -0.15) is 0 Å². The molecule has 2 rings (SSSR count). The van der Waals surface area contributed by atoms with Gasteiger partial charge in [0.15, 0.2) is 0 Å². The molecule has 0 aliphatic carbocycles. The van der Waals surface area contributed by atoms with Gasteiger partial charge in [-0.05, 0) is 58.2 Å². The molecule has 0 N–H and O–H groups in total. The summed E-state index contributed by atoms with van der Waals surface area (Å²) in [4.78, 5) is 2.53.